The summed E-state index contributed by atoms with van der Waals surface area (Å²) in [6.45, 7) is 2.05. The molecule has 1 aliphatic carbocycles. The van der Waals surface area contributed by atoms with E-state index in [-0.39, 0.29) is 0 Å². The van der Waals surface area contributed by atoms with Crippen LogP contribution in [0.25, 0.3) is 0 Å². The predicted molar refractivity (Wildman–Crippen MR) is 72.3 cm³/mol. The van der Waals surface area contributed by atoms with Gasteiger partial charge in [0.15, 0.2) is 0 Å². The average Bonchev–Trinajstić information content (AvgIpc) is 2.82. The number of para-hydroxylation sites is 1. The summed E-state index contributed by atoms with van der Waals surface area (Å²) < 4.78 is 0. The molecule has 0 radical (unpaired) electrons. The van der Waals surface area contributed by atoms with Crippen LogP contribution in [-0.4, -0.2) is 19.1 Å². The minimum absolute atomic E-state index is 0.692. The summed E-state index contributed by atoms with van der Waals surface area (Å²) in [5, 5.41) is 0. The molecule has 0 spiro atoms. The molecule has 1 aliphatic heterocycles. The molecule has 1 fully saturated rings. The Hall–Kier alpha value is -1.02. The average molecular weight is 230 g/mol. The Kier molecular flexibility index (Phi) is 3.06. The van der Waals surface area contributed by atoms with E-state index >= 15 is 0 Å². The van der Waals surface area contributed by atoms with Gasteiger partial charge in [0.05, 0.1) is 0 Å². The van der Waals surface area contributed by atoms with E-state index in [0.29, 0.717) is 12.0 Å². The second kappa shape index (κ2) is 4.69. The van der Waals surface area contributed by atoms with Crippen molar-refractivity contribution in [2.75, 3.05) is 18.0 Å². The molecule has 0 bridgehead atoms. The fourth-order valence-electron chi connectivity index (χ4n) is 3.58. The van der Waals surface area contributed by atoms with Crippen molar-refractivity contribution in [2.45, 2.75) is 38.1 Å². The van der Waals surface area contributed by atoms with E-state index in [1.165, 1.54) is 49.9 Å². The lowest BCUT2D eigenvalue weighted by molar-refractivity contribution is 0.302. The van der Waals surface area contributed by atoms with Crippen LogP contribution in [0.15, 0.2) is 24.3 Å². The van der Waals surface area contributed by atoms with E-state index in [2.05, 4.69) is 29.2 Å². The molecule has 0 amide bonds. The zero-order valence-corrected chi connectivity index (χ0v) is 10.4. The van der Waals surface area contributed by atoms with Gasteiger partial charge < -0.3 is 10.6 Å². The van der Waals surface area contributed by atoms with Gasteiger partial charge >= 0.3 is 0 Å². The Morgan fingerprint density at radius 1 is 1.18 bits per heavy atom. The van der Waals surface area contributed by atoms with Gasteiger partial charge in [0, 0.05) is 18.3 Å². The van der Waals surface area contributed by atoms with Crippen LogP contribution in [0.3, 0.4) is 0 Å². The normalized spacial score (nSPS) is 28.2. The van der Waals surface area contributed by atoms with Crippen molar-refractivity contribution < 1.29 is 0 Å². The van der Waals surface area contributed by atoms with E-state index in [9.17, 15) is 0 Å². The molecule has 2 nitrogen and oxygen atoms in total. The van der Waals surface area contributed by atoms with E-state index in [4.69, 9.17) is 5.73 Å². The zero-order chi connectivity index (χ0) is 11.7. The molecule has 2 N–H and O–H groups in total. The first-order valence-electron chi connectivity index (χ1n) is 6.95. The van der Waals surface area contributed by atoms with Crippen LogP contribution < -0.4 is 10.6 Å². The minimum Gasteiger partial charge on any atom is -0.368 e. The molecule has 1 aromatic carbocycles. The summed E-state index contributed by atoms with van der Waals surface area (Å²) in [6, 6.07) is 9.57. The summed E-state index contributed by atoms with van der Waals surface area (Å²) in [7, 11) is 0. The molecule has 2 unspecified atom stereocenters. The Morgan fingerprint density at radius 2 is 2.00 bits per heavy atom. The standard InChI is InChI=1S/C15H22N2/c16-11-13-6-2-4-8-15(13)17-10-9-12-5-1-3-7-14(12)17/h1,3,5,7,13,15H,2,4,6,8-11,16H2. The van der Waals surface area contributed by atoms with Crippen LogP contribution in [0.1, 0.15) is 31.2 Å². The van der Waals surface area contributed by atoms with Crippen molar-refractivity contribution in [1.82, 2.24) is 0 Å². The molecule has 1 aromatic rings. The van der Waals surface area contributed by atoms with E-state index < -0.39 is 0 Å². The molecule has 2 heteroatoms. The quantitative estimate of drug-likeness (QED) is 0.846. The summed E-state index contributed by atoms with van der Waals surface area (Å²) in [4.78, 5) is 2.63. The maximum absolute atomic E-state index is 5.95. The number of nitrogens with two attached hydrogens (primary N) is 1. The van der Waals surface area contributed by atoms with E-state index in [0.717, 1.165) is 6.54 Å². The highest BCUT2D eigenvalue weighted by molar-refractivity contribution is 5.58. The molecule has 0 aromatic heterocycles. The summed E-state index contributed by atoms with van der Waals surface area (Å²) in [5.41, 5.74) is 8.95. The lowest BCUT2D eigenvalue weighted by atomic mass is 9.83. The Bertz CT molecular complexity index is 388. The Labute approximate surface area is 104 Å². The molecule has 2 aliphatic rings. The summed E-state index contributed by atoms with van der Waals surface area (Å²) >= 11 is 0. The zero-order valence-electron chi connectivity index (χ0n) is 10.4. The fourth-order valence-corrected chi connectivity index (χ4v) is 3.58. The third kappa shape index (κ3) is 1.95. The van der Waals surface area contributed by atoms with Gasteiger partial charge in [-0.25, -0.2) is 0 Å². The molecule has 92 valence electrons. The van der Waals surface area contributed by atoms with Crippen LogP contribution >= 0.6 is 0 Å². The highest BCUT2D eigenvalue weighted by Crippen LogP contribution is 2.36. The number of hydrogen-bond donors (Lipinski definition) is 1. The smallest absolute Gasteiger partial charge is 0.0402 e. The SMILES string of the molecule is NCC1CCCCC1N1CCc2ccccc21. The molecular weight excluding hydrogens is 208 g/mol. The van der Waals surface area contributed by atoms with Crippen LogP contribution in [0, 0.1) is 5.92 Å². The van der Waals surface area contributed by atoms with Gasteiger partial charge in [0.25, 0.3) is 0 Å². The van der Waals surface area contributed by atoms with Gasteiger partial charge in [-0.05, 0) is 43.4 Å². The first kappa shape index (κ1) is 11.1. The lowest BCUT2D eigenvalue weighted by Gasteiger charge is -2.39. The maximum Gasteiger partial charge on any atom is 0.0402 e. The maximum atomic E-state index is 5.95. The highest BCUT2D eigenvalue weighted by atomic mass is 15.2. The van der Waals surface area contributed by atoms with Gasteiger partial charge in [-0.3, -0.25) is 0 Å². The van der Waals surface area contributed by atoms with Crippen molar-refractivity contribution in [1.29, 1.82) is 0 Å². The topological polar surface area (TPSA) is 29.3 Å². The van der Waals surface area contributed by atoms with Crippen LogP contribution in [0.4, 0.5) is 5.69 Å². The van der Waals surface area contributed by atoms with E-state index in [1.807, 2.05) is 0 Å². The molecule has 0 saturated heterocycles. The largest absolute Gasteiger partial charge is 0.368 e. The van der Waals surface area contributed by atoms with Gasteiger partial charge in [-0.1, -0.05) is 31.0 Å². The lowest BCUT2D eigenvalue weighted by Crippen LogP contribution is -2.44. The summed E-state index contributed by atoms with van der Waals surface area (Å²) in [5.74, 6) is 0.704. The number of nitrogens with zero attached hydrogens (tertiary/aromatic N) is 1. The van der Waals surface area contributed by atoms with Gasteiger partial charge in [-0.2, -0.15) is 0 Å². The Morgan fingerprint density at radius 3 is 2.88 bits per heavy atom. The van der Waals surface area contributed by atoms with Crippen molar-refractivity contribution in [3.8, 4) is 0 Å². The van der Waals surface area contributed by atoms with Crippen LogP contribution in [0.5, 0.6) is 0 Å². The molecule has 1 saturated carbocycles. The molecular formula is C15H22N2. The number of rotatable bonds is 2. The monoisotopic (exact) mass is 230 g/mol. The van der Waals surface area contributed by atoms with Crippen LogP contribution in [0.2, 0.25) is 0 Å². The van der Waals surface area contributed by atoms with Crippen LogP contribution in [-0.2, 0) is 6.42 Å². The van der Waals surface area contributed by atoms with E-state index in [1.54, 1.807) is 0 Å². The molecule has 3 rings (SSSR count). The van der Waals surface area contributed by atoms with Crippen molar-refractivity contribution in [2.24, 2.45) is 11.7 Å². The number of anilines is 1. The molecule has 2 atom stereocenters. The van der Waals surface area contributed by atoms with Gasteiger partial charge in [0.1, 0.15) is 0 Å². The predicted octanol–water partition coefficient (Wildman–Crippen LogP) is 2.57. The fraction of sp³-hybridized carbons (Fsp3) is 0.600. The second-order valence-electron chi connectivity index (χ2n) is 5.42. The number of benzene rings is 1. The third-order valence-electron chi connectivity index (χ3n) is 4.50. The summed E-state index contributed by atoms with van der Waals surface area (Å²) in [6.07, 6.45) is 6.60. The van der Waals surface area contributed by atoms with Crippen molar-refractivity contribution in [3.05, 3.63) is 29.8 Å². The minimum atomic E-state index is 0.692. The second-order valence-corrected chi connectivity index (χ2v) is 5.42. The van der Waals surface area contributed by atoms with Gasteiger partial charge in [0.2, 0.25) is 0 Å². The molecule has 17 heavy (non-hydrogen) atoms. The highest BCUT2D eigenvalue weighted by Gasteiger charge is 2.32. The first-order chi connectivity index (χ1) is 8.40. The van der Waals surface area contributed by atoms with Crippen molar-refractivity contribution in [3.63, 3.8) is 0 Å². The Balaban J connectivity index is 1.85. The van der Waals surface area contributed by atoms with Crippen molar-refractivity contribution >= 4 is 5.69 Å². The number of hydrogen-bond acceptors (Lipinski definition) is 2. The number of fused-ring (bicyclic) bond motifs is 1. The van der Waals surface area contributed by atoms with Gasteiger partial charge in [-0.15, -0.1) is 0 Å². The molecule has 1 heterocycles. The third-order valence-corrected chi connectivity index (χ3v) is 4.50. The first-order valence-corrected chi connectivity index (χ1v) is 6.95.